The summed E-state index contributed by atoms with van der Waals surface area (Å²) >= 11 is 0. The molecule has 1 aliphatic rings. The van der Waals surface area contributed by atoms with Gasteiger partial charge in [0.05, 0.1) is 38.4 Å². The van der Waals surface area contributed by atoms with Crippen LogP contribution < -0.4 is 4.90 Å². The maximum atomic E-state index is 8.37. The first-order valence-electron chi connectivity index (χ1n) is 6.18. The molecule has 1 rings (SSSR count). The van der Waals surface area contributed by atoms with Gasteiger partial charge in [0.2, 0.25) is 0 Å². The summed E-state index contributed by atoms with van der Waals surface area (Å²) in [6.45, 7) is 7.22. The Morgan fingerprint density at radius 2 is 2.12 bits per heavy atom. The lowest BCUT2D eigenvalue weighted by atomic mass is 10.3. The van der Waals surface area contributed by atoms with Crippen molar-refractivity contribution in [3.05, 3.63) is 0 Å². The summed E-state index contributed by atoms with van der Waals surface area (Å²) in [4.78, 5) is 1.50. The van der Waals surface area contributed by atoms with Crippen LogP contribution in [0, 0.1) is 23.2 Å². The van der Waals surface area contributed by atoms with Crippen LogP contribution in [0.4, 0.5) is 0 Å². The second-order valence-electron chi connectivity index (χ2n) is 4.19. The number of nitriles is 1. The minimum absolute atomic E-state index is 0.121. The van der Waals surface area contributed by atoms with Gasteiger partial charge in [0.25, 0.3) is 0 Å². The van der Waals surface area contributed by atoms with E-state index in [2.05, 4.69) is 17.9 Å². The van der Waals surface area contributed by atoms with Gasteiger partial charge in [-0.15, -0.1) is 0 Å². The Morgan fingerprint density at radius 3 is 2.82 bits per heavy atom. The molecule has 0 aromatic heterocycles. The molecule has 1 fully saturated rings. The van der Waals surface area contributed by atoms with E-state index in [0.717, 1.165) is 39.3 Å². The number of nitrogens with one attached hydrogen (secondary N) is 1. The molecular formula is C13H21N2O2+. The summed E-state index contributed by atoms with van der Waals surface area (Å²) in [7, 11) is 0. The van der Waals surface area contributed by atoms with E-state index in [0.29, 0.717) is 13.0 Å². The highest BCUT2D eigenvalue weighted by Crippen LogP contribution is 1.96. The van der Waals surface area contributed by atoms with Gasteiger partial charge in [-0.1, -0.05) is 5.92 Å². The molecule has 1 N–H and O–H groups in total. The maximum absolute atomic E-state index is 8.37. The smallest absolute Gasteiger partial charge is 0.139 e. The molecule has 0 aromatic rings. The Bertz CT molecular complexity index is 295. The van der Waals surface area contributed by atoms with E-state index in [1.54, 1.807) is 0 Å². The lowest BCUT2D eigenvalue weighted by Crippen LogP contribution is -3.14. The second kappa shape index (κ2) is 9.01. The Balaban J connectivity index is 2.06. The molecule has 1 atom stereocenters. The Kier molecular flexibility index (Phi) is 7.42. The molecule has 17 heavy (non-hydrogen) atoms. The summed E-state index contributed by atoms with van der Waals surface area (Å²) in [5, 5.41) is 8.37. The number of morpholine rings is 1. The van der Waals surface area contributed by atoms with Gasteiger partial charge in [-0.2, -0.15) is 5.26 Å². The molecule has 1 heterocycles. The van der Waals surface area contributed by atoms with E-state index in [1.807, 2.05) is 6.92 Å². The van der Waals surface area contributed by atoms with Crippen LogP contribution in [0.1, 0.15) is 19.8 Å². The molecule has 1 aliphatic heterocycles. The quantitative estimate of drug-likeness (QED) is 0.523. The first-order chi connectivity index (χ1) is 8.33. The van der Waals surface area contributed by atoms with Crippen LogP contribution in [0.2, 0.25) is 0 Å². The van der Waals surface area contributed by atoms with Crippen LogP contribution in [0.15, 0.2) is 0 Å². The summed E-state index contributed by atoms with van der Waals surface area (Å²) in [6, 6.07) is 2.06. The van der Waals surface area contributed by atoms with Crippen molar-refractivity contribution in [3.8, 4) is 17.9 Å². The predicted octanol–water partition coefficient (Wildman–Crippen LogP) is -0.386. The number of hydrogen-bond donors (Lipinski definition) is 1. The third kappa shape index (κ3) is 6.97. The minimum Gasteiger partial charge on any atom is -0.376 e. The Hall–Kier alpha value is -1.07. The second-order valence-corrected chi connectivity index (χ2v) is 4.19. The summed E-state index contributed by atoms with van der Waals surface area (Å²) in [5.74, 6) is 6.33. The topological polar surface area (TPSA) is 46.7 Å². The van der Waals surface area contributed by atoms with Gasteiger partial charge in [0.1, 0.15) is 19.6 Å². The van der Waals surface area contributed by atoms with Crippen molar-refractivity contribution in [1.82, 2.24) is 0 Å². The molecule has 0 spiro atoms. The number of rotatable bonds is 5. The standard InChI is InChI=1S/C13H20N2O2/c1-13(17-10-4-6-14)5-2-3-7-15-8-11-16-12-9-15/h13H,4-5,7-12H2,1H3/p+1/t13-/m1/s1. The van der Waals surface area contributed by atoms with E-state index in [-0.39, 0.29) is 6.10 Å². The average Bonchev–Trinajstić information content (AvgIpc) is 2.36. The van der Waals surface area contributed by atoms with Crippen molar-refractivity contribution >= 4 is 0 Å². The van der Waals surface area contributed by atoms with Crippen molar-refractivity contribution in [3.63, 3.8) is 0 Å². The van der Waals surface area contributed by atoms with Crippen molar-refractivity contribution < 1.29 is 14.4 Å². The molecule has 94 valence electrons. The van der Waals surface area contributed by atoms with Crippen LogP contribution in [0.25, 0.3) is 0 Å². The normalized spacial score (nSPS) is 17.9. The molecule has 0 bridgehead atoms. The number of quaternary nitrogens is 1. The lowest BCUT2D eigenvalue weighted by molar-refractivity contribution is -0.900. The van der Waals surface area contributed by atoms with Gasteiger partial charge in [-0.3, -0.25) is 0 Å². The molecule has 4 nitrogen and oxygen atoms in total. The van der Waals surface area contributed by atoms with E-state index in [9.17, 15) is 0 Å². The molecule has 0 unspecified atom stereocenters. The van der Waals surface area contributed by atoms with Crippen LogP contribution >= 0.6 is 0 Å². The molecule has 0 amide bonds. The summed E-state index contributed by atoms with van der Waals surface area (Å²) in [6.07, 6.45) is 1.32. The fourth-order valence-corrected chi connectivity index (χ4v) is 1.60. The van der Waals surface area contributed by atoms with Crippen molar-refractivity contribution in [2.75, 3.05) is 39.5 Å². The zero-order valence-corrected chi connectivity index (χ0v) is 10.5. The Labute approximate surface area is 103 Å². The van der Waals surface area contributed by atoms with Crippen molar-refractivity contribution in [1.29, 1.82) is 5.26 Å². The van der Waals surface area contributed by atoms with Crippen LogP contribution in [0.5, 0.6) is 0 Å². The van der Waals surface area contributed by atoms with Gasteiger partial charge in [0.15, 0.2) is 0 Å². The maximum Gasteiger partial charge on any atom is 0.139 e. The zero-order chi connectivity index (χ0) is 12.3. The molecule has 0 radical (unpaired) electrons. The third-order valence-electron chi connectivity index (χ3n) is 2.67. The van der Waals surface area contributed by atoms with Gasteiger partial charge < -0.3 is 14.4 Å². The van der Waals surface area contributed by atoms with Gasteiger partial charge in [-0.25, -0.2) is 0 Å². The number of nitrogens with zero attached hydrogens (tertiary/aromatic N) is 1. The van der Waals surface area contributed by atoms with Crippen molar-refractivity contribution in [2.45, 2.75) is 25.9 Å². The van der Waals surface area contributed by atoms with E-state index in [1.165, 1.54) is 4.90 Å². The molecular weight excluding hydrogens is 216 g/mol. The Morgan fingerprint density at radius 1 is 1.35 bits per heavy atom. The highest BCUT2D eigenvalue weighted by atomic mass is 16.5. The van der Waals surface area contributed by atoms with Gasteiger partial charge >= 0.3 is 0 Å². The first kappa shape index (κ1) is 14.0. The largest absolute Gasteiger partial charge is 0.376 e. The average molecular weight is 237 g/mol. The highest BCUT2D eigenvalue weighted by Gasteiger charge is 2.11. The van der Waals surface area contributed by atoms with E-state index < -0.39 is 0 Å². The summed E-state index contributed by atoms with van der Waals surface area (Å²) in [5.41, 5.74) is 0. The number of hydrogen-bond acceptors (Lipinski definition) is 3. The SMILES string of the molecule is C[C@H](CC#CC[NH+]1CCOCC1)OCCC#N. The van der Waals surface area contributed by atoms with Crippen molar-refractivity contribution in [2.24, 2.45) is 0 Å². The fourth-order valence-electron chi connectivity index (χ4n) is 1.60. The van der Waals surface area contributed by atoms with E-state index in [4.69, 9.17) is 14.7 Å². The molecule has 1 saturated heterocycles. The highest BCUT2D eigenvalue weighted by molar-refractivity contribution is 4.99. The summed E-state index contributed by atoms with van der Waals surface area (Å²) < 4.78 is 10.7. The van der Waals surface area contributed by atoms with Crippen LogP contribution in [0.3, 0.4) is 0 Å². The fraction of sp³-hybridized carbons (Fsp3) is 0.769. The molecule has 0 saturated carbocycles. The first-order valence-corrected chi connectivity index (χ1v) is 6.18. The van der Waals surface area contributed by atoms with Gasteiger partial charge in [0, 0.05) is 6.42 Å². The zero-order valence-electron chi connectivity index (χ0n) is 10.5. The molecule has 0 aliphatic carbocycles. The third-order valence-corrected chi connectivity index (χ3v) is 2.67. The lowest BCUT2D eigenvalue weighted by Gasteiger charge is -2.21. The van der Waals surface area contributed by atoms with Crippen LogP contribution in [-0.4, -0.2) is 45.6 Å². The van der Waals surface area contributed by atoms with Gasteiger partial charge in [-0.05, 0) is 12.8 Å². The molecule has 0 aromatic carbocycles. The predicted molar refractivity (Wildman–Crippen MR) is 64.4 cm³/mol. The van der Waals surface area contributed by atoms with Crippen LogP contribution in [-0.2, 0) is 9.47 Å². The van der Waals surface area contributed by atoms with E-state index >= 15 is 0 Å². The molecule has 4 heteroatoms. The monoisotopic (exact) mass is 237 g/mol. The number of ether oxygens (including phenoxy) is 2. The minimum atomic E-state index is 0.121.